The van der Waals surface area contributed by atoms with Crippen molar-refractivity contribution in [3.8, 4) is 0 Å². The molecule has 0 bridgehead atoms. The fourth-order valence-corrected chi connectivity index (χ4v) is 3.83. The number of rotatable bonds is 3. The summed E-state index contributed by atoms with van der Waals surface area (Å²) in [7, 11) is 0. The molecule has 2 aromatic heterocycles. The summed E-state index contributed by atoms with van der Waals surface area (Å²) in [5.41, 5.74) is 3.25. The highest BCUT2D eigenvalue weighted by Crippen LogP contribution is 2.26. The summed E-state index contributed by atoms with van der Waals surface area (Å²) in [6, 6.07) is 23.0. The number of imidazole rings is 1. The first-order chi connectivity index (χ1) is 14.2. The van der Waals surface area contributed by atoms with Crippen molar-refractivity contribution in [2.45, 2.75) is 12.5 Å². The normalized spacial score (nSPS) is 16.1. The van der Waals surface area contributed by atoms with E-state index in [1.54, 1.807) is 0 Å². The molecule has 5 nitrogen and oxygen atoms in total. The molecule has 0 saturated heterocycles. The minimum Gasteiger partial charge on any atom is -0.323 e. The van der Waals surface area contributed by atoms with Crippen LogP contribution in [0.4, 0.5) is 5.82 Å². The molecule has 1 aliphatic heterocycles. The molecule has 0 aliphatic carbocycles. The Kier molecular flexibility index (Phi) is 4.48. The summed E-state index contributed by atoms with van der Waals surface area (Å²) < 4.78 is 2.82. The molecule has 0 fully saturated rings. The number of hydrogen-bond acceptors (Lipinski definition) is 4. The van der Waals surface area contributed by atoms with Gasteiger partial charge in [0.25, 0.3) is 0 Å². The molecule has 1 atom stereocenters. The molecular formula is C23H17BrN4O. The van der Waals surface area contributed by atoms with Gasteiger partial charge in [-0.15, -0.1) is 0 Å². The maximum absolute atomic E-state index is 13.5. The fraction of sp³-hybridized carbons (Fsp3) is 0.0870. The van der Waals surface area contributed by atoms with Crippen molar-refractivity contribution < 1.29 is 4.79 Å². The molecule has 0 spiro atoms. The van der Waals surface area contributed by atoms with E-state index < -0.39 is 6.04 Å². The number of nitrogens with zero attached hydrogens (tertiary/aromatic N) is 3. The summed E-state index contributed by atoms with van der Waals surface area (Å²) in [6.45, 7) is 0. The van der Waals surface area contributed by atoms with Gasteiger partial charge in [0.15, 0.2) is 5.82 Å². The van der Waals surface area contributed by atoms with Crippen molar-refractivity contribution in [2.24, 2.45) is 4.99 Å². The molecule has 1 N–H and O–H groups in total. The van der Waals surface area contributed by atoms with Gasteiger partial charge < -0.3 is 5.32 Å². The number of benzene rings is 2. The standard InChI is InChI=1S/C23H17BrN4O/c24-17-11-9-16(10-12-17)22-25-18(14-15-6-2-1-3-7-15)21(29)20-23(27-22)26-19-8-4-5-13-28(19)20/h1-13,18H,14H2,(H,25,27)/t18-/m0/s1. The quantitative estimate of drug-likeness (QED) is 0.495. The minimum atomic E-state index is -0.537. The van der Waals surface area contributed by atoms with Crippen molar-refractivity contribution in [3.05, 3.63) is 100 Å². The number of Topliss-reactive ketones (excluding diaryl/α,β-unsaturated/α-hetero) is 1. The number of halogens is 1. The lowest BCUT2D eigenvalue weighted by atomic mass is 10.0. The van der Waals surface area contributed by atoms with Crippen LogP contribution < -0.4 is 5.32 Å². The Morgan fingerprint density at radius 1 is 0.966 bits per heavy atom. The van der Waals surface area contributed by atoms with Crippen molar-refractivity contribution in [1.82, 2.24) is 9.38 Å². The fourth-order valence-electron chi connectivity index (χ4n) is 3.57. The number of aliphatic imine (C=N–C) groups is 1. The van der Waals surface area contributed by atoms with Gasteiger partial charge in [-0.3, -0.25) is 14.2 Å². The Labute approximate surface area is 176 Å². The highest BCUT2D eigenvalue weighted by atomic mass is 79.9. The first kappa shape index (κ1) is 17.8. The lowest BCUT2D eigenvalue weighted by Gasteiger charge is -2.12. The van der Waals surface area contributed by atoms with E-state index in [-0.39, 0.29) is 5.78 Å². The van der Waals surface area contributed by atoms with Crippen LogP contribution in [-0.2, 0) is 6.42 Å². The highest BCUT2D eigenvalue weighted by molar-refractivity contribution is 9.10. The van der Waals surface area contributed by atoms with Gasteiger partial charge in [0.1, 0.15) is 23.2 Å². The van der Waals surface area contributed by atoms with Crippen LogP contribution in [0, 0.1) is 0 Å². The number of anilines is 1. The van der Waals surface area contributed by atoms with Crippen LogP contribution in [0.2, 0.25) is 0 Å². The van der Waals surface area contributed by atoms with E-state index >= 15 is 0 Å². The van der Waals surface area contributed by atoms with E-state index in [2.05, 4.69) is 26.2 Å². The second-order valence-electron chi connectivity index (χ2n) is 6.92. The summed E-state index contributed by atoms with van der Waals surface area (Å²) in [4.78, 5) is 23.0. The molecule has 5 rings (SSSR count). The molecule has 0 saturated carbocycles. The maximum Gasteiger partial charge on any atom is 0.208 e. The number of aromatic nitrogens is 2. The number of pyridine rings is 1. The van der Waals surface area contributed by atoms with Gasteiger partial charge in [0.05, 0.1) is 0 Å². The highest BCUT2D eigenvalue weighted by Gasteiger charge is 2.31. The molecule has 6 heteroatoms. The third-order valence-corrected chi connectivity index (χ3v) is 5.51. The second kappa shape index (κ2) is 7.29. The SMILES string of the molecule is O=C1c2c(nc3ccccn23)NC(c2ccc(Br)cc2)=N[C@H]1Cc1ccccc1. The molecule has 2 aromatic carbocycles. The summed E-state index contributed by atoms with van der Waals surface area (Å²) in [5, 5.41) is 3.31. The van der Waals surface area contributed by atoms with Gasteiger partial charge in [-0.25, -0.2) is 4.98 Å². The molecular weight excluding hydrogens is 428 g/mol. The van der Waals surface area contributed by atoms with E-state index in [4.69, 9.17) is 4.99 Å². The van der Waals surface area contributed by atoms with Crippen LogP contribution in [0.5, 0.6) is 0 Å². The first-order valence-corrected chi connectivity index (χ1v) is 10.1. The molecule has 3 heterocycles. The van der Waals surface area contributed by atoms with E-state index in [0.717, 1.165) is 21.2 Å². The zero-order valence-corrected chi connectivity index (χ0v) is 17.0. The molecule has 0 unspecified atom stereocenters. The average Bonchev–Trinajstić information content (AvgIpc) is 3.05. The van der Waals surface area contributed by atoms with Gasteiger partial charge in [-0.2, -0.15) is 0 Å². The average molecular weight is 445 g/mol. The summed E-state index contributed by atoms with van der Waals surface area (Å²) in [6.07, 6.45) is 2.39. The molecule has 1 aliphatic rings. The van der Waals surface area contributed by atoms with Crippen molar-refractivity contribution in [2.75, 3.05) is 5.32 Å². The number of carbonyl (C=O) groups excluding carboxylic acids is 1. The van der Waals surface area contributed by atoms with Crippen molar-refractivity contribution >= 4 is 39.0 Å². The predicted molar refractivity (Wildman–Crippen MR) is 118 cm³/mol. The molecule has 142 valence electrons. The topological polar surface area (TPSA) is 58.8 Å². The lowest BCUT2D eigenvalue weighted by molar-refractivity contribution is 0.0958. The third kappa shape index (κ3) is 3.36. The smallest absolute Gasteiger partial charge is 0.208 e. The van der Waals surface area contributed by atoms with Crippen LogP contribution in [0.15, 0.2) is 88.5 Å². The van der Waals surface area contributed by atoms with Crippen LogP contribution in [0.25, 0.3) is 5.65 Å². The van der Waals surface area contributed by atoms with E-state index in [1.165, 1.54) is 0 Å². The Bertz CT molecular complexity index is 1230. The number of amidine groups is 1. The van der Waals surface area contributed by atoms with Crippen LogP contribution in [0.3, 0.4) is 0 Å². The molecule has 29 heavy (non-hydrogen) atoms. The largest absolute Gasteiger partial charge is 0.323 e. The van der Waals surface area contributed by atoms with E-state index in [1.807, 2.05) is 83.4 Å². The lowest BCUT2D eigenvalue weighted by Crippen LogP contribution is -2.23. The maximum atomic E-state index is 13.5. The predicted octanol–water partition coefficient (Wildman–Crippen LogP) is 4.76. The van der Waals surface area contributed by atoms with Gasteiger partial charge in [0.2, 0.25) is 5.78 Å². The van der Waals surface area contributed by atoms with Gasteiger partial charge in [0, 0.05) is 22.7 Å². The Morgan fingerprint density at radius 2 is 1.72 bits per heavy atom. The Morgan fingerprint density at radius 3 is 2.52 bits per heavy atom. The van der Waals surface area contributed by atoms with Crippen molar-refractivity contribution in [1.29, 1.82) is 0 Å². The minimum absolute atomic E-state index is 0.0397. The Hall–Kier alpha value is -3.25. The van der Waals surface area contributed by atoms with Gasteiger partial charge in [-0.05, 0) is 29.8 Å². The van der Waals surface area contributed by atoms with Gasteiger partial charge in [-0.1, -0.05) is 64.5 Å². The third-order valence-electron chi connectivity index (χ3n) is 4.98. The van der Waals surface area contributed by atoms with Crippen LogP contribution in [-0.4, -0.2) is 27.0 Å². The molecule has 0 radical (unpaired) electrons. The number of ketones is 1. The van der Waals surface area contributed by atoms with Crippen LogP contribution in [0.1, 0.15) is 21.6 Å². The molecule has 4 aromatic rings. The molecule has 0 amide bonds. The van der Waals surface area contributed by atoms with Gasteiger partial charge >= 0.3 is 0 Å². The zero-order chi connectivity index (χ0) is 19.8. The number of carbonyl (C=O) groups is 1. The summed E-state index contributed by atoms with van der Waals surface area (Å²) >= 11 is 3.47. The zero-order valence-electron chi connectivity index (χ0n) is 15.4. The van der Waals surface area contributed by atoms with E-state index in [0.29, 0.717) is 23.8 Å². The Balaban J connectivity index is 1.65. The number of fused-ring (bicyclic) bond motifs is 3. The second-order valence-corrected chi connectivity index (χ2v) is 7.83. The van der Waals surface area contributed by atoms with Crippen LogP contribution >= 0.6 is 15.9 Å². The number of hydrogen-bond donors (Lipinski definition) is 1. The number of nitrogens with one attached hydrogen (secondary N) is 1. The summed E-state index contributed by atoms with van der Waals surface area (Å²) in [5.74, 6) is 1.15. The monoisotopic (exact) mass is 444 g/mol. The first-order valence-electron chi connectivity index (χ1n) is 9.35. The van der Waals surface area contributed by atoms with Crippen molar-refractivity contribution in [3.63, 3.8) is 0 Å². The van der Waals surface area contributed by atoms with E-state index in [9.17, 15) is 4.79 Å².